The molecule has 4 heteroatoms. The van der Waals surface area contributed by atoms with Crippen molar-refractivity contribution in [3.63, 3.8) is 0 Å². The normalized spacial score (nSPS) is 12.1. The highest BCUT2D eigenvalue weighted by Crippen LogP contribution is 2.22. The zero-order valence-corrected chi connectivity index (χ0v) is 9.50. The van der Waals surface area contributed by atoms with Crippen molar-refractivity contribution in [2.45, 2.75) is 6.10 Å². The highest BCUT2D eigenvalue weighted by Gasteiger charge is 2.15. The number of hydrogen-bond acceptors (Lipinski definition) is 3. The minimum Gasteiger partial charge on any atom is -0.438 e. The minimum absolute atomic E-state index is 0.498. The number of aromatic nitrogens is 1. The van der Waals surface area contributed by atoms with Gasteiger partial charge in [-0.15, -0.1) is 0 Å². The van der Waals surface area contributed by atoms with Crippen LogP contribution in [0, 0.1) is 0 Å². The highest BCUT2D eigenvalue weighted by molar-refractivity contribution is 5.61. The molecule has 2 aromatic heterocycles. The van der Waals surface area contributed by atoms with Crippen LogP contribution in [-0.2, 0) is 9.47 Å². The molecule has 1 atom stereocenters. The van der Waals surface area contributed by atoms with Gasteiger partial charge in [0.2, 0.25) is 0 Å². The lowest BCUT2D eigenvalue weighted by Gasteiger charge is -2.10. The molecule has 0 radical (unpaired) electrons. The third-order valence-electron chi connectivity index (χ3n) is 2.46. The van der Waals surface area contributed by atoms with E-state index in [1.807, 2.05) is 41.1 Å². The molecule has 0 aliphatic rings. The topological polar surface area (TPSA) is 39.9 Å². The van der Waals surface area contributed by atoms with Crippen molar-refractivity contribution in [3.05, 3.63) is 54.9 Å². The van der Waals surface area contributed by atoms with Gasteiger partial charge in [0.15, 0.2) is 0 Å². The molecule has 17 heavy (non-hydrogen) atoms. The fourth-order valence-corrected chi connectivity index (χ4v) is 1.64. The van der Waals surface area contributed by atoms with Crippen molar-refractivity contribution in [3.8, 4) is 0 Å². The van der Waals surface area contributed by atoms with Gasteiger partial charge in [0.1, 0.15) is 6.10 Å². The minimum atomic E-state index is -0.717. The molecular weight excluding hydrogens is 218 g/mol. The number of carbonyl (C=O) groups excluding carboxylic acids is 1. The zero-order valence-electron chi connectivity index (χ0n) is 9.50. The summed E-state index contributed by atoms with van der Waals surface area (Å²) >= 11 is 0. The maximum atomic E-state index is 11.1. The Kier molecular flexibility index (Phi) is 3.14. The van der Waals surface area contributed by atoms with Crippen LogP contribution in [0.1, 0.15) is 11.7 Å². The number of rotatable bonds is 3. The average molecular weight is 231 g/mol. The Bertz CT molecular complexity index is 511. The molecule has 0 aromatic carbocycles. The summed E-state index contributed by atoms with van der Waals surface area (Å²) < 4.78 is 11.5. The lowest BCUT2D eigenvalue weighted by atomic mass is 10.2. The predicted octanol–water partition coefficient (Wildman–Crippen LogP) is 2.95. The van der Waals surface area contributed by atoms with E-state index in [-0.39, 0.29) is 0 Å². The quantitative estimate of drug-likeness (QED) is 0.602. The number of ether oxygens (including phenoxy) is 2. The summed E-state index contributed by atoms with van der Waals surface area (Å²) in [6.45, 7) is 3.65. The third kappa shape index (κ3) is 2.30. The van der Waals surface area contributed by atoms with Gasteiger partial charge in [-0.25, -0.2) is 4.79 Å². The fraction of sp³-hybridized carbons (Fsp3) is 0.154. The Labute approximate surface area is 99.1 Å². The van der Waals surface area contributed by atoms with Gasteiger partial charge >= 0.3 is 6.16 Å². The molecule has 4 nitrogen and oxygen atoms in total. The Hall–Kier alpha value is -2.23. The fourth-order valence-electron chi connectivity index (χ4n) is 1.64. The largest absolute Gasteiger partial charge is 0.508 e. The second kappa shape index (κ2) is 4.74. The van der Waals surface area contributed by atoms with Crippen molar-refractivity contribution in [1.82, 2.24) is 4.40 Å². The first-order valence-corrected chi connectivity index (χ1v) is 5.18. The van der Waals surface area contributed by atoms with Crippen molar-refractivity contribution >= 4 is 11.7 Å². The SMILES string of the molecule is C=CC(OC(=O)OC)c1cc2ccccn2c1. The number of nitrogens with zero attached hydrogens (tertiary/aromatic N) is 1. The van der Waals surface area contributed by atoms with Crippen LogP contribution in [0.15, 0.2) is 49.3 Å². The summed E-state index contributed by atoms with van der Waals surface area (Å²) in [5.41, 5.74) is 1.89. The van der Waals surface area contributed by atoms with Crippen molar-refractivity contribution in [2.24, 2.45) is 0 Å². The van der Waals surface area contributed by atoms with Crippen LogP contribution in [0.4, 0.5) is 4.79 Å². The molecular formula is C13H13NO3. The van der Waals surface area contributed by atoms with Gasteiger partial charge in [-0.1, -0.05) is 12.6 Å². The number of hydrogen-bond donors (Lipinski definition) is 0. The van der Waals surface area contributed by atoms with Crippen LogP contribution in [0.2, 0.25) is 0 Å². The Balaban J connectivity index is 2.30. The zero-order chi connectivity index (χ0) is 12.3. The summed E-state index contributed by atoms with van der Waals surface area (Å²) in [4.78, 5) is 11.1. The second-order valence-corrected chi connectivity index (χ2v) is 3.53. The van der Waals surface area contributed by atoms with Crippen LogP contribution in [0.5, 0.6) is 0 Å². The van der Waals surface area contributed by atoms with E-state index in [4.69, 9.17) is 4.74 Å². The van der Waals surface area contributed by atoms with E-state index in [1.54, 1.807) is 6.08 Å². The Morgan fingerprint density at radius 2 is 2.35 bits per heavy atom. The molecule has 2 aromatic rings. The maximum Gasteiger partial charge on any atom is 0.508 e. The van der Waals surface area contributed by atoms with E-state index in [0.717, 1.165) is 11.1 Å². The summed E-state index contributed by atoms with van der Waals surface area (Å²) in [5, 5.41) is 0. The van der Waals surface area contributed by atoms with Gasteiger partial charge in [-0.3, -0.25) is 0 Å². The summed E-state index contributed by atoms with van der Waals surface area (Å²) in [5.74, 6) is 0. The van der Waals surface area contributed by atoms with E-state index in [0.29, 0.717) is 0 Å². The third-order valence-corrected chi connectivity index (χ3v) is 2.46. The molecule has 0 saturated heterocycles. The van der Waals surface area contributed by atoms with E-state index < -0.39 is 12.3 Å². The molecule has 1 unspecified atom stereocenters. The van der Waals surface area contributed by atoms with Crippen molar-refractivity contribution in [2.75, 3.05) is 7.11 Å². The molecule has 0 aliphatic heterocycles. The number of pyridine rings is 1. The van der Waals surface area contributed by atoms with Gasteiger partial charge < -0.3 is 13.9 Å². The van der Waals surface area contributed by atoms with Gasteiger partial charge in [0, 0.05) is 23.5 Å². The summed E-state index contributed by atoms with van der Waals surface area (Å²) in [7, 11) is 1.28. The Morgan fingerprint density at radius 3 is 3.00 bits per heavy atom. The maximum absolute atomic E-state index is 11.1. The van der Waals surface area contributed by atoms with E-state index in [2.05, 4.69) is 11.3 Å². The van der Waals surface area contributed by atoms with Crippen LogP contribution in [0.25, 0.3) is 5.52 Å². The van der Waals surface area contributed by atoms with Crippen LogP contribution >= 0.6 is 0 Å². The predicted molar refractivity (Wildman–Crippen MR) is 63.8 cm³/mol. The average Bonchev–Trinajstić information content (AvgIpc) is 2.78. The van der Waals surface area contributed by atoms with Crippen molar-refractivity contribution in [1.29, 1.82) is 0 Å². The lowest BCUT2D eigenvalue weighted by molar-refractivity contribution is 0.0523. The molecule has 0 spiro atoms. The number of methoxy groups -OCH3 is 1. The van der Waals surface area contributed by atoms with E-state index in [1.165, 1.54) is 7.11 Å². The van der Waals surface area contributed by atoms with E-state index >= 15 is 0 Å². The van der Waals surface area contributed by atoms with E-state index in [9.17, 15) is 4.79 Å². The second-order valence-electron chi connectivity index (χ2n) is 3.53. The monoisotopic (exact) mass is 231 g/mol. The molecule has 2 heterocycles. The van der Waals surface area contributed by atoms with Gasteiger partial charge in [0.05, 0.1) is 7.11 Å². The summed E-state index contributed by atoms with van der Waals surface area (Å²) in [6.07, 6.45) is 4.17. The van der Waals surface area contributed by atoms with Gasteiger partial charge in [-0.2, -0.15) is 0 Å². The number of fused-ring (bicyclic) bond motifs is 1. The smallest absolute Gasteiger partial charge is 0.438 e. The van der Waals surface area contributed by atoms with Crippen LogP contribution in [0.3, 0.4) is 0 Å². The van der Waals surface area contributed by atoms with Crippen molar-refractivity contribution < 1.29 is 14.3 Å². The van der Waals surface area contributed by atoms with Gasteiger partial charge in [-0.05, 0) is 24.3 Å². The first kappa shape index (κ1) is 11.3. The van der Waals surface area contributed by atoms with Gasteiger partial charge in [0.25, 0.3) is 0 Å². The molecule has 0 N–H and O–H groups in total. The van der Waals surface area contributed by atoms with Crippen LogP contribution < -0.4 is 0 Å². The first-order chi connectivity index (χ1) is 8.24. The highest BCUT2D eigenvalue weighted by atomic mass is 16.7. The van der Waals surface area contributed by atoms with Crippen LogP contribution in [-0.4, -0.2) is 17.7 Å². The number of carbonyl (C=O) groups is 1. The lowest BCUT2D eigenvalue weighted by Crippen LogP contribution is -2.08. The standard InChI is InChI=1S/C13H13NO3/c1-3-12(17-13(15)16-2)10-8-11-6-4-5-7-14(11)9-10/h3-9,12H,1H2,2H3. The molecule has 2 rings (SSSR count). The molecule has 0 bridgehead atoms. The molecule has 0 amide bonds. The molecule has 88 valence electrons. The summed E-state index contributed by atoms with van der Waals surface area (Å²) in [6, 6.07) is 7.79. The first-order valence-electron chi connectivity index (χ1n) is 5.18. The Morgan fingerprint density at radius 1 is 1.53 bits per heavy atom. The molecule has 0 fully saturated rings. The molecule has 0 saturated carbocycles. The molecule has 0 aliphatic carbocycles.